The van der Waals surface area contributed by atoms with Gasteiger partial charge in [0.05, 0.1) is 16.7 Å². The van der Waals surface area contributed by atoms with Crippen molar-refractivity contribution >= 4 is 41.8 Å². The van der Waals surface area contributed by atoms with Crippen LogP contribution >= 0.6 is 12.6 Å². The van der Waals surface area contributed by atoms with Crippen LogP contribution in [-0.4, -0.2) is 21.8 Å². The van der Waals surface area contributed by atoms with Crippen LogP contribution in [0.15, 0.2) is 88.4 Å². The normalized spacial score (nSPS) is 14.8. The Balaban J connectivity index is 1.85. The molecule has 8 heteroatoms. The number of amides is 1. The van der Waals surface area contributed by atoms with Gasteiger partial charge in [-0.15, -0.1) is 12.6 Å². The standard InChI is InChI=1S/C22H15N3O4S/c26-19-13-16(25(28)29)10-11-18(19)24-21(14-6-2-1-3-7-14)23-17(22(24)27)12-15-8-4-5-9-20(15)30/h1-13,26,30H. The van der Waals surface area contributed by atoms with E-state index < -0.39 is 16.6 Å². The van der Waals surface area contributed by atoms with Gasteiger partial charge >= 0.3 is 0 Å². The van der Waals surface area contributed by atoms with E-state index in [4.69, 9.17) is 0 Å². The van der Waals surface area contributed by atoms with Gasteiger partial charge in [0.2, 0.25) is 0 Å². The Morgan fingerprint density at radius 1 is 1.03 bits per heavy atom. The molecule has 0 fully saturated rings. The second kappa shape index (κ2) is 7.84. The van der Waals surface area contributed by atoms with Gasteiger partial charge in [-0.3, -0.25) is 19.8 Å². The van der Waals surface area contributed by atoms with Gasteiger partial charge in [0.15, 0.2) is 0 Å². The number of thiol groups is 1. The number of nitrogens with zero attached hydrogens (tertiary/aromatic N) is 3. The van der Waals surface area contributed by atoms with Gasteiger partial charge in [-0.25, -0.2) is 4.99 Å². The summed E-state index contributed by atoms with van der Waals surface area (Å²) >= 11 is 4.41. The molecule has 0 bridgehead atoms. The number of carbonyl (C=O) groups excluding carboxylic acids is 1. The molecule has 0 saturated carbocycles. The number of nitro groups is 1. The second-order valence-electron chi connectivity index (χ2n) is 6.46. The fraction of sp³-hybridized carbons (Fsp3) is 0. The number of carbonyl (C=O) groups is 1. The van der Waals surface area contributed by atoms with Crippen LogP contribution in [0.3, 0.4) is 0 Å². The van der Waals surface area contributed by atoms with Crippen molar-refractivity contribution in [3.8, 4) is 5.75 Å². The van der Waals surface area contributed by atoms with Gasteiger partial charge in [-0.2, -0.15) is 0 Å². The summed E-state index contributed by atoms with van der Waals surface area (Å²) in [5.74, 6) is -0.542. The summed E-state index contributed by atoms with van der Waals surface area (Å²) in [4.78, 5) is 30.1. The Labute approximate surface area is 177 Å². The molecule has 0 radical (unpaired) electrons. The smallest absolute Gasteiger partial charge is 0.282 e. The van der Waals surface area contributed by atoms with Gasteiger partial charge < -0.3 is 5.11 Å². The lowest BCUT2D eigenvalue weighted by Crippen LogP contribution is -2.32. The summed E-state index contributed by atoms with van der Waals surface area (Å²) in [7, 11) is 0. The fourth-order valence-electron chi connectivity index (χ4n) is 3.09. The van der Waals surface area contributed by atoms with Crippen LogP contribution in [0.25, 0.3) is 6.08 Å². The Bertz CT molecular complexity index is 1220. The first-order valence-corrected chi connectivity index (χ1v) is 9.36. The zero-order valence-corrected chi connectivity index (χ0v) is 16.4. The molecule has 0 aromatic heterocycles. The number of amidine groups is 1. The van der Waals surface area contributed by atoms with Crippen LogP contribution in [0.2, 0.25) is 0 Å². The first-order valence-electron chi connectivity index (χ1n) is 8.91. The molecule has 1 heterocycles. The number of hydrogen-bond acceptors (Lipinski definition) is 6. The highest BCUT2D eigenvalue weighted by Gasteiger charge is 2.34. The van der Waals surface area contributed by atoms with Crippen molar-refractivity contribution in [1.29, 1.82) is 0 Å². The average molecular weight is 417 g/mol. The van der Waals surface area contributed by atoms with Gasteiger partial charge in [0.1, 0.15) is 17.3 Å². The van der Waals surface area contributed by atoms with E-state index in [0.717, 1.165) is 11.6 Å². The number of phenolic OH excluding ortho intramolecular Hbond substituents is 1. The molecule has 1 N–H and O–H groups in total. The summed E-state index contributed by atoms with van der Waals surface area (Å²) in [6, 6.07) is 19.9. The maximum Gasteiger partial charge on any atom is 0.282 e. The van der Waals surface area contributed by atoms with E-state index >= 15 is 0 Å². The van der Waals surface area contributed by atoms with Gasteiger partial charge in [0.25, 0.3) is 11.6 Å². The molecule has 0 spiro atoms. The number of phenols is 1. The molecule has 0 unspecified atom stereocenters. The summed E-state index contributed by atoms with van der Waals surface area (Å²) in [6.07, 6.45) is 1.62. The quantitative estimate of drug-likeness (QED) is 0.284. The predicted octanol–water partition coefficient (Wildman–Crippen LogP) is 4.42. The maximum absolute atomic E-state index is 13.2. The van der Waals surface area contributed by atoms with Crippen molar-refractivity contribution in [2.75, 3.05) is 4.90 Å². The molecular formula is C22H15N3O4S. The van der Waals surface area contributed by atoms with Crippen LogP contribution in [0.5, 0.6) is 5.75 Å². The lowest BCUT2D eigenvalue weighted by Gasteiger charge is -2.19. The number of rotatable bonds is 4. The molecule has 7 nitrogen and oxygen atoms in total. The fourth-order valence-corrected chi connectivity index (χ4v) is 3.32. The summed E-state index contributed by atoms with van der Waals surface area (Å²) in [5.41, 5.74) is 1.37. The maximum atomic E-state index is 13.2. The molecule has 1 aliphatic rings. The third-order valence-corrected chi connectivity index (χ3v) is 4.94. The molecule has 1 amide bonds. The van der Waals surface area contributed by atoms with Crippen molar-refractivity contribution < 1.29 is 14.8 Å². The topological polar surface area (TPSA) is 96.0 Å². The van der Waals surface area contributed by atoms with Gasteiger partial charge in [-0.1, -0.05) is 48.5 Å². The minimum atomic E-state index is -0.615. The van der Waals surface area contributed by atoms with Crippen LogP contribution in [0.1, 0.15) is 11.1 Å². The highest BCUT2D eigenvalue weighted by Crippen LogP contribution is 2.36. The highest BCUT2D eigenvalue weighted by atomic mass is 32.1. The third-order valence-electron chi connectivity index (χ3n) is 4.53. The van der Waals surface area contributed by atoms with E-state index in [-0.39, 0.29) is 17.1 Å². The lowest BCUT2D eigenvalue weighted by molar-refractivity contribution is -0.384. The lowest BCUT2D eigenvalue weighted by atomic mass is 10.1. The zero-order valence-electron chi connectivity index (χ0n) is 15.5. The first-order chi connectivity index (χ1) is 14.5. The number of anilines is 1. The molecule has 0 saturated heterocycles. The van der Waals surface area contributed by atoms with Crippen LogP contribution in [0, 0.1) is 10.1 Å². The SMILES string of the molecule is O=C1C(=Cc2ccccc2S)N=C(c2ccccc2)N1c1ccc([N+](=O)[O-])cc1O. The van der Waals surface area contributed by atoms with E-state index in [1.165, 1.54) is 17.0 Å². The van der Waals surface area contributed by atoms with E-state index in [0.29, 0.717) is 16.3 Å². The van der Waals surface area contributed by atoms with Crippen molar-refractivity contribution in [2.24, 2.45) is 4.99 Å². The minimum Gasteiger partial charge on any atom is -0.505 e. The molecule has 3 aromatic rings. The van der Waals surface area contributed by atoms with Crippen molar-refractivity contribution in [1.82, 2.24) is 0 Å². The number of benzene rings is 3. The predicted molar refractivity (Wildman–Crippen MR) is 117 cm³/mol. The molecular weight excluding hydrogens is 402 g/mol. The number of hydrogen-bond donors (Lipinski definition) is 2. The summed E-state index contributed by atoms with van der Waals surface area (Å²) in [5, 5.41) is 21.4. The first kappa shape index (κ1) is 19.4. The number of aliphatic imine (C=N–C) groups is 1. The molecule has 3 aromatic carbocycles. The van der Waals surface area contributed by atoms with Crippen LogP contribution < -0.4 is 4.90 Å². The Morgan fingerprint density at radius 2 is 1.73 bits per heavy atom. The molecule has 0 atom stereocenters. The summed E-state index contributed by atoms with van der Waals surface area (Å²) in [6.45, 7) is 0. The molecule has 0 aliphatic carbocycles. The largest absolute Gasteiger partial charge is 0.505 e. The van der Waals surface area contributed by atoms with Gasteiger partial charge in [-0.05, 0) is 23.8 Å². The van der Waals surface area contributed by atoms with E-state index in [1.54, 1.807) is 36.4 Å². The number of nitro benzene ring substituents is 1. The highest BCUT2D eigenvalue weighted by molar-refractivity contribution is 7.80. The zero-order chi connectivity index (χ0) is 21.3. The third kappa shape index (κ3) is 3.56. The van der Waals surface area contributed by atoms with Crippen molar-refractivity contribution in [2.45, 2.75) is 4.90 Å². The summed E-state index contributed by atoms with van der Waals surface area (Å²) < 4.78 is 0. The minimum absolute atomic E-state index is 0.107. The Kier molecular flexibility index (Phi) is 5.07. The van der Waals surface area contributed by atoms with Gasteiger partial charge in [0, 0.05) is 16.5 Å². The molecule has 30 heavy (non-hydrogen) atoms. The molecule has 4 rings (SSSR count). The molecule has 1 aliphatic heterocycles. The van der Waals surface area contributed by atoms with Crippen molar-refractivity contribution in [3.05, 3.63) is 99.7 Å². The van der Waals surface area contributed by atoms with Crippen LogP contribution in [-0.2, 0) is 4.79 Å². The monoisotopic (exact) mass is 417 g/mol. The molecule has 148 valence electrons. The number of aromatic hydroxyl groups is 1. The van der Waals surface area contributed by atoms with Crippen LogP contribution in [0.4, 0.5) is 11.4 Å². The Hall–Kier alpha value is -3.91. The second-order valence-corrected chi connectivity index (χ2v) is 6.94. The average Bonchev–Trinajstić information content (AvgIpc) is 3.06. The number of non-ortho nitro benzene ring substituents is 1. The van der Waals surface area contributed by atoms with E-state index in [2.05, 4.69) is 17.6 Å². The Morgan fingerprint density at radius 3 is 2.40 bits per heavy atom. The van der Waals surface area contributed by atoms with Crippen molar-refractivity contribution in [3.63, 3.8) is 0 Å². The van der Waals surface area contributed by atoms with E-state index in [1.807, 2.05) is 24.3 Å². The van der Waals surface area contributed by atoms with E-state index in [9.17, 15) is 20.0 Å².